The summed E-state index contributed by atoms with van der Waals surface area (Å²) in [5.74, 6) is -0.699. The topological polar surface area (TPSA) is 130 Å². The zero-order chi connectivity index (χ0) is 31.3. The lowest BCUT2D eigenvalue weighted by atomic mass is 10.0. The van der Waals surface area contributed by atoms with Gasteiger partial charge in [0.05, 0.1) is 18.2 Å². The Labute approximate surface area is 253 Å². The molecule has 2 aromatic rings. The molecule has 0 fully saturated rings. The highest BCUT2D eigenvalue weighted by atomic mass is 35.5. The zero-order valence-electron chi connectivity index (χ0n) is 22.9. The minimum atomic E-state index is -4.81. The highest BCUT2D eigenvalue weighted by molar-refractivity contribution is 5.85. The molecule has 0 spiro atoms. The summed E-state index contributed by atoms with van der Waals surface area (Å²) < 4.78 is 85.7. The molecular weight excluding hydrogens is 606 g/mol. The number of hydrogen-bond donors (Lipinski definition) is 2. The molecule has 0 aliphatic rings. The molecule has 0 aromatic heterocycles. The summed E-state index contributed by atoms with van der Waals surface area (Å²) in [5, 5.41) is 19.7. The van der Waals surface area contributed by atoms with Gasteiger partial charge < -0.3 is 25.3 Å². The van der Waals surface area contributed by atoms with Gasteiger partial charge in [0.15, 0.2) is 0 Å². The first-order valence-electron chi connectivity index (χ1n) is 12.1. The predicted octanol–water partition coefficient (Wildman–Crippen LogP) is 8.40. The van der Waals surface area contributed by atoms with Crippen LogP contribution in [0.2, 0.25) is 0 Å². The van der Waals surface area contributed by atoms with E-state index in [0.29, 0.717) is 17.5 Å². The van der Waals surface area contributed by atoms with Crippen LogP contribution in [0.25, 0.3) is 0 Å². The second kappa shape index (κ2) is 18.6. The van der Waals surface area contributed by atoms with Crippen molar-refractivity contribution >= 4 is 18.5 Å². The van der Waals surface area contributed by atoms with Gasteiger partial charge in [-0.25, -0.2) is 4.79 Å². The molecule has 0 heterocycles. The van der Waals surface area contributed by atoms with Gasteiger partial charge in [-0.2, -0.15) is 10.5 Å². The number of alkyl carbamates (subject to hydrolysis) is 1. The van der Waals surface area contributed by atoms with Gasteiger partial charge in [0.2, 0.25) is 0 Å². The number of alkyl halides is 6. The van der Waals surface area contributed by atoms with Crippen molar-refractivity contribution in [3.63, 3.8) is 0 Å². The Hall–Kier alpha value is -3.88. The lowest BCUT2D eigenvalue weighted by Gasteiger charge is -2.24. The van der Waals surface area contributed by atoms with Gasteiger partial charge in [0, 0.05) is 18.9 Å². The minimum absolute atomic E-state index is 0. The van der Waals surface area contributed by atoms with Gasteiger partial charge >= 0.3 is 18.8 Å². The van der Waals surface area contributed by atoms with E-state index in [1.807, 2.05) is 12.1 Å². The molecule has 0 saturated heterocycles. The number of carbonyl (C=O) groups excluding carboxylic acids is 1. The van der Waals surface area contributed by atoms with Crippen LogP contribution in [0.15, 0.2) is 48.5 Å². The summed E-state index contributed by atoms with van der Waals surface area (Å²) in [7, 11) is 0. The molecule has 240 valence electrons. The molecule has 2 rings (SSSR count). The number of carbonyl (C=O) groups is 1. The Kier molecular flexibility index (Phi) is 17.9. The van der Waals surface area contributed by atoms with Crippen molar-refractivity contribution < 1.29 is 45.3 Å². The summed E-state index contributed by atoms with van der Waals surface area (Å²) in [6.45, 7) is 5.07. The van der Waals surface area contributed by atoms with Crippen molar-refractivity contribution in [1.82, 2.24) is 5.32 Å². The predicted molar refractivity (Wildman–Crippen MR) is 149 cm³/mol. The SMILES string of the molecule is C.CC(C)(C)OC(=O)N[C@@H](CCC#N)c1cccc(OC(F)(F)F)c1.Cl.N#CCC[C@H](N)c1cccc(OC(F)(F)F)c1. The molecular formula is C28H35ClF6N4O4. The van der Waals surface area contributed by atoms with E-state index in [1.165, 1.54) is 30.3 Å². The Morgan fingerprint density at radius 3 is 1.74 bits per heavy atom. The van der Waals surface area contributed by atoms with E-state index in [4.69, 9.17) is 21.0 Å². The van der Waals surface area contributed by atoms with Gasteiger partial charge in [-0.05, 0) is 69.0 Å². The monoisotopic (exact) mass is 640 g/mol. The standard InChI is InChI=1S/C16H19F3N2O3.C11H11F3N2O.CH4.ClH/c1-15(2,3)24-14(22)21-13(8-5-9-20)11-6-4-7-12(10-11)23-16(17,18)19;12-11(13,14)17-9-4-1-3-8(7-9)10(16)5-2-6-15;;/h4,6-7,10,13H,5,8H2,1-3H3,(H,21,22);1,3-4,7,10H,2,5,16H2;1H4;1H/t13-;10-;;/m00../s1. The van der Waals surface area contributed by atoms with Crippen LogP contribution in [0.5, 0.6) is 11.5 Å². The minimum Gasteiger partial charge on any atom is -0.444 e. The molecule has 0 unspecified atom stereocenters. The molecule has 3 N–H and O–H groups in total. The summed E-state index contributed by atoms with van der Waals surface area (Å²) >= 11 is 0. The number of nitrogens with zero attached hydrogens (tertiary/aromatic N) is 2. The van der Waals surface area contributed by atoms with E-state index in [1.54, 1.807) is 32.9 Å². The average molecular weight is 641 g/mol. The first kappa shape index (κ1) is 41.3. The number of hydrogen-bond acceptors (Lipinski definition) is 7. The summed E-state index contributed by atoms with van der Waals surface area (Å²) in [6, 6.07) is 13.5. The third-order valence-corrected chi connectivity index (χ3v) is 4.82. The Balaban J connectivity index is 0. The van der Waals surface area contributed by atoms with Crippen LogP contribution in [0.4, 0.5) is 31.1 Å². The third kappa shape index (κ3) is 19.0. The molecule has 0 aliphatic heterocycles. The van der Waals surface area contributed by atoms with Crippen molar-refractivity contribution in [3.05, 3.63) is 59.7 Å². The number of rotatable bonds is 9. The normalized spacial score (nSPS) is 12.3. The molecule has 1 amide bonds. The molecule has 43 heavy (non-hydrogen) atoms. The fourth-order valence-electron chi connectivity index (χ4n) is 3.24. The maximum atomic E-state index is 12.3. The molecule has 0 saturated carbocycles. The number of ether oxygens (including phenoxy) is 3. The van der Waals surface area contributed by atoms with Crippen LogP contribution in [0, 0.1) is 22.7 Å². The smallest absolute Gasteiger partial charge is 0.444 e. The Bertz CT molecular complexity index is 1210. The molecule has 2 aromatic carbocycles. The lowest BCUT2D eigenvalue weighted by Crippen LogP contribution is -2.35. The van der Waals surface area contributed by atoms with Crippen LogP contribution < -0.4 is 20.5 Å². The first-order valence-corrected chi connectivity index (χ1v) is 12.1. The van der Waals surface area contributed by atoms with E-state index >= 15 is 0 Å². The molecule has 0 aliphatic carbocycles. The molecule has 0 bridgehead atoms. The number of nitriles is 2. The quantitative estimate of drug-likeness (QED) is 0.263. The third-order valence-electron chi connectivity index (χ3n) is 4.82. The van der Waals surface area contributed by atoms with Crippen molar-refractivity contribution in [3.8, 4) is 23.6 Å². The fourth-order valence-corrected chi connectivity index (χ4v) is 3.24. The van der Waals surface area contributed by atoms with Crippen molar-refractivity contribution in [2.24, 2.45) is 5.73 Å². The van der Waals surface area contributed by atoms with E-state index in [2.05, 4.69) is 14.8 Å². The summed E-state index contributed by atoms with van der Waals surface area (Å²) in [5.41, 5.74) is 5.91. The van der Waals surface area contributed by atoms with Gasteiger partial charge in [0.25, 0.3) is 0 Å². The van der Waals surface area contributed by atoms with Gasteiger partial charge in [0.1, 0.15) is 17.1 Å². The largest absolute Gasteiger partial charge is 0.573 e. The van der Waals surface area contributed by atoms with Crippen LogP contribution in [0.3, 0.4) is 0 Å². The molecule has 0 radical (unpaired) electrons. The van der Waals surface area contributed by atoms with Crippen LogP contribution in [-0.2, 0) is 4.74 Å². The van der Waals surface area contributed by atoms with E-state index < -0.39 is 42.3 Å². The van der Waals surface area contributed by atoms with Gasteiger partial charge in [-0.3, -0.25) is 0 Å². The van der Waals surface area contributed by atoms with Crippen LogP contribution in [-0.4, -0.2) is 24.4 Å². The molecule has 15 heteroatoms. The van der Waals surface area contributed by atoms with Crippen LogP contribution in [0.1, 0.15) is 77.1 Å². The highest BCUT2D eigenvalue weighted by Crippen LogP contribution is 2.28. The Morgan fingerprint density at radius 2 is 1.30 bits per heavy atom. The second-order valence-corrected chi connectivity index (χ2v) is 9.44. The number of amides is 1. The molecule has 2 atom stereocenters. The zero-order valence-corrected chi connectivity index (χ0v) is 23.7. The summed E-state index contributed by atoms with van der Waals surface area (Å²) in [4.78, 5) is 11.9. The van der Waals surface area contributed by atoms with Gasteiger partial charge in [-0.15, -0.1) is 38.7 Å². The van der Waals surface area contributed by atoms with Crippen molar-refractivity contribution in [2.75, 3.05) is 0 Å². The average Bonchev–Trinajstić information content (AvgIpc) is 2.82. The summed E-state index contributed by atoms with van der Waals surface area (Å²) in [6.07, 6.45) is -9.24. The van der Waals surface area contributed by atoms with Crippen LogP contribution >= 0.6 is 12.4 Å². The Morgan fingerprint density at radius 1 is 0.860 bits per heavy atom. The number of halogens is 7. The number of benzene rings is 2. The lowest BCUT2D eigenvalue weighted by molar-refractivity contribution is -0.275. The van der Waals surface area contributed by atoms with E-state index in [-0.39, 0.29) is 44.8 Å². The number of nitrogens with two attached hydrogens (primary N) is 1. The van der Waals surface area contributed by atoms with Gasteiger partial charge in [-0.1, -0.05) is 31.7 Å². The van der Waals surface area contributed by atoms with Crippen molar-refractivity contribution in [2.45, 2.75) is 84.3 Å². The van der Waals surface area contributed by atoms with E-state index in [9.17, 15) is 31.1 Å². The second-order valence-electron chi connectivity index (χ2n) is 9.44. The fraction of sp³-hybridized carbons (Fsp3) is 0.464. The molecule has 8 nitrogen and oxygen atoms in total. The van der Waals surface area contributed by atoms with Crippen molar-refractivity contribution in [1.29, 1.82) is 10.5 Å². The maximum absolute atomic E-state index is 12.3. The first-order chi connectivity index (χ1) is 18.9. The maximum Gasteiger partial charge on any atom is 0.573 e. The highest BCUT2D eigenvalue weighted by Gasteiger charge is 2.32. The van der Waals surface area contributed by atoms with E-state index in [0.717, 1.165) is 6.07 Å². The number of nitrogens with one attached hydrogen (secondary N) is 1.